The van der Waals surface area contributed by atoms with Crippen LogP contribution >= 0.6 is 0 Å². The highest BCUT2D eigenvalue weighted by atomic mass is 15.0. The van der Waals surface area contributed by atoms with Crippen LogP contribution < -0.4 is 0 Å². The summed E-state index contributed by atoms with van der Waals surface area (Å²) in [5.41, 5.74) is 26.2. The van der Waals surface area contributed by atoms with Crippen LogP contribution in [0, 0.1) is 13.8 Å². The first-order valence-corrected chi connectivity index (χ1v) is 24.9. The smallest absolute Gasteiger partial charge is 0.0970 e. The fourth-order valence-corrected chi connectivity index (χ4v) is 12.9. The van der Waals surface area contributed by atoms with Crippen molar-refractivity contribution in [2.75, 3.05) is 0 Å². The van der Waals surface area contributed by atoms with Crippen LogP contribution in [0.1, 0.15) is 33.6 Å². The summed E-state index contributed by atoms with van der Waals surface area (Å²) in [5, 5.41) is 9.48. The largest absolute Gasteiger partial charge is 0.309 e. The van der Waals surface area contributed by atoms with Crippen molar-refractivity contribution in [3.05, 3.63) is 204 Å². The number of pyridine rings is 6. The van der Waals surface area contributed by atoms with E-state index in [2.05, 4.69) is 142 Å². The van der Waals surface area contributed by atoms with E-state index in [-0.39, 0.29) is 0 Å². The highest BCUT2D eigenvalue weighted by Crippen LogP contribution is 2.52. The first-order chi connectivity index (χ1) is 35.5. The second kappa shape index (κ2) is 14.7. The molecule has 0 fully saturated rings. The highest BCUT2D eigenvalue weighted by Gasteiger charge is 2.33. The van der Waals surface area contributed by atoms with Gasteiger partial charge in [-0.2, -0.15) is 0 Å². The molecule has 0 atom stereocenters. The van der Waals surface area contributed by atoms with E-state index in [0.29, 0.717) is 0 Å². The monoisotopic (exact) mass is 922 g/mol. The molecule has 14 aromatic rings. The third-order valence-electron chi connectivity index (χ3n) is 15.8. The molecule has 0 radical (unpaired) electrons. The molecule has 0 N–H and O–H groups in total. The van der Waals surface area contributed by atoms with E-state index < -0.39 is 0 Å². The standard InChI is InChI=1S/C64H42N8/c1-35-27-43(19-25-65-35)71-55-17-13-37(49-33-41-7-3-21-67-59(41)61-45(49)9-5-23-69-61)29-51(55)53-31-39-12-16-48-58-40(11-15-47(57(39)58)63(53)71)32-54-52-30-38(14-18-56(52)72(64(48)54)44-20-26-66-36(2)28-44)50-34-42-8-4-22-68-60(42)62-46(50)10-6-24-70-62/h3-10,13-14,17-34H,11-12,15-16H2,1-2H3. The summed E-state index contributed by atoms with van der Waals surface area (Å²) in [6.07, 6.45) is 15.1. The van der Waals surface area contributed by atoms with Crippen LogP contribution in [0.25, 0.3) is 132 Å². The predicted molar refractivity (Wildman–Crippen MR) is 293 cm³/mol. The molecule has 0 amide bonds. The highest BCUT2D eigenvalue weighted by molar-refractivity contribution is 6.19. The van der Waals surface area contributed by atoms with E-state index in [1.54, 1.807) is 0 Å². The van der Waals surface area contributed by atoms with Crippen LogP contribution in [-0.4, -0.2) is 39.0 Å². The molecule has 0 saturated heterocycles. The number of aromatic nitrogens is 8. The summed E-state index contributed by atoms with van der Waals surface area (Å²) < 4.78 is 5.06. The van der Waals surface area contributed by atoms with E-state index in [4.69, 9.17) is 19.9 Å². The van der Waals surface area contributed by atoms with Crippen LogP contribution in [0.5, 0.6) is 0 Å². The Kier molecular flexibility index (Phi) is 8.10. The molecule has 8 heteroatoms. The van der Waals surface area contributed by atoms with Crippen LogP contribution in [0.4, 0.5) is 0 Å². The fraction of sp³-hybridized carbons (Fsp3) is 0.0938. The lowest BCUT2D eigenvalue weighted by Crippen LogP contribution is -2.16. The summed E-state index contributed by atoms with van der Waals surface area (Å²) >= 11 is 0. The summed E-state index contributed by atoms with van der Waals surface area (Å²) in [6.45, 7) is 4.18. The zero-order chi connectivity index (χ0) is 47.3. The van der Waals surface area contributed by atoms with Crippen molar-refractivity contribution < 1.29 is 0 Å². The summed E-state index contributed by atoms with van der Waals surface area (Å²) in [5.74, 6) is 0. The van der Waals surface area contributed by atoms with Gasteiger partial charge in [0.05, 0.1) is 44.1 Å². The van der Waals surface area contributed by atoms with Gasteiger partial charge in [0.25, 0.3) is 0 Å². The normalized spacial score (nSPS) is 13.2. The molecule has 72 heavy (non-hydrogen) atoms. The lowest BCUT2D eigenvalue weighted by atomic mass is 9.74. The maximum atomic E-state index is 4.87. The Bertz CT molecular complexity index is 4430. The Morgan fingerprint density at radius 2 is 0.806 bits per heavy atom. The maximum absolute atomic E-state index is 4.87. The Labute approximate surface area is 413 Å². The average molecular weight is 923 g/mol. The zero-order valence-corrected chi connectivity index (χ0v) is 39.6. The molecule has 2 aliphatic carbocycles. The van der Waals surface area contributed by atoms with Crippen LogP contribution in [0.2, 0.25) is 0 Å². The third-order valence-corrected chi connectivity index (χ3v) is 15.8. The van der Waals surface area contributed by atoms with Crippen molar-refractivity contribution in [2.45, 2.75) is 39.5 Å². The van der Waals surface area contributed by atoms with Gasteiger partial charge in [-0.3, -0.25) is 29.9 Å². The van der Waals surface area contributed by atoms with Crippen molar-refractivity contribution in [1.82, 2.24) is 39.0 Å². The minimum atomic E-state index is 0.926. The number of fused-ring (bicyclic) bond motifs is 14. The molecule has 0 unspecified atom stereocenters. The summed E-state index contributed by atoms with van der Waals surface area (Å²) in [7, 11) is 0. The molecule has 8 heterocycles. The van der Waals surface area contributed by atoms with Crippen molar-refractivity contribution in [1.29, 1.82) is 0 Å². The predicted octanol–water partition coefficient (Wildman–Crippen LogP) is 14.7. The second-order valence-electron chi connectivity index (χ2n) is 19.8. The molecule has 0 aliphatic heterocycles. The Morgan fingerprint density at radius 3 is 1.26 bits per heavy atom. The Balaban J connectivity index is 0.965. The number of rotatable bonds is 4. The van der Waals surface area contributed by atoms with E-state index in [1.807, 2.05) is 61.4 Å². The number of hydrogen-bond acceptors (Lipinski definition) is 6. The molecular weight excluding hydrogens is 881 g/mol. The van der Waals surface area contributed by atoms with Crippen molar-refractivity contribution in [2.24, 2.45) is 0 Å². The zero-order valence-electron chi connectivity index (χ0n) is 39.6. The molecule has 0 saturated carbocycles. The van der Waals surface area contributed by atoms with Gasteiger partial charge in [-0.15, -0.1) is 0 Å². The minimum absolute atomic E-state index is 0.926. The fourth-order valence-electron chi connectivity index (χ4n) is 12.9. The molecular formula is C64H42N8. The Hall–Kier alpha value is -9.14. The van der Waals surface area contributed by atoms with Gasteiger partial charge in [-0.25, -0.2) is 0 Å². The van der Waals surface area contributed by atoms with Gasteiger partial charge in [0.15, 0.2) is 0 Å². The van der Waals surface area contributed by atoms with Crippen LogP contribution in [-0.2, 0) is 25.7 Å². The first-order valence-electron chi connectivity index (χ1n) is 24.9. The summed E-state index contributed by atoms with van der Waals surface area (Å²) in [6, 6.07) is 49.4. The third kappa shape index (κ3) is 5.51. The average Bonchev–Trinajstić information content (AvgIpc) is 3.93. The Morgan fingerprint density at radius 1 is 0.361 bits per heavy atom. The van der Waals surface area contributed by atoms with Crippen molar-refractivity contribution in [3.63, 3.8) is 0 Å². The number of hydrogen-bond donors (Lipinski definition) is 0. The molecule has 338 valence electrons. The molecule has 0 spiro atoms. The lowest BCUT2D eigenvalue weighted by molar-refractivity contribution is 0.883. The lowest BCUT2D eigenvalue weighted by Gasteiger charge is -2.31. The molecule has 2 aliphatic rings. The van der Waals surface area contributed by atoms with Crippen molar-refractivity contribution in [3.8, 4) is 44.8 Å². The van der Waals surface area contributed by atoms with Gasteiger partial charge in [0.1, 0.15) is 0 Å². The van der Waals surface area contributed by atoms with Crippen molar-refractivity contribution >= 4 is 87.2 Å². The molecule has 16 rings (SSSR count). The number of aryl methyl sites for hydroxylation is 6. The van der Waals surface area contributed by atoms with Gasteiger partial charge in [0.2, 0.25) is 0 Å². The molecule has 8 aromatic heterocycles. The van der Waals surface area contributed by atoms with E-state index in [1.165, 1.54) is 88.1 Å². The van der Waals surface area contributed by atoms with Gasteiger partial charge in [-0.05, 0) is 192 Å². The first kappa shape index (κ1) is 39.7. The number of benzene rings is 6. The SMILES string of the molecule is Cc1cc(-n2c3ccc(-c4cc5cccnc5c5ncccc45)cc3c3cc4c5c(c32)CCc2cc3c6cc(-c7cc8cccnc8c8ncccc78)ccc6n(-c6ccnc(C)c6)c3c(c2-5)CC4)ccn1. The topological polar surface area (TPSA) is 87.2 Å². The molecule has 6 aromatic carbocycles. The van der Waals surface area contributed by atoms with Gasteiger partial charge < -0.3 is 9.13 Å². The van der Waals surface area contributed by atoms with E-state index in [9.17, 15) is 0 Å². The molecule has 8 nitrogen and oxygen atoms in total. The quantitative estimate of drug-likeness (QED) is 0.163. The second-order valence-corrected chi connectivity index (χ2v) is 19.8. The van der Waals surface area contributed by atoms with Crippen LogP contribution in [0.3, 0.4) is 0 Å². The number of nitrogens with zero attached hydrogens (tertiary/aromatic N) is 8. The van der Waals surface area contributed by atoms with Gasteiger partial charge in [-0.1, -0.05) is 36.4 Å². The van der Waals surface area contributed by atoms with E-state index >= 15 is 0 Å². The van der Waals surface area contributed by atoms with E-state index in [0.717, 1.165) is 103 Å². The van der Waals surface area contributed by atoms with Gasteiger partial charge in [0, 0.05) is 103 Å². The summed E-state index contributed by atoms with van der Waals surface area (Å²) in [4.78, 5) is 28.6. The van der Waals surface area contributed by atoms with Crippen LogP contribution in [0.15, 0.2) is 171 Å². The van der Waals surface area contributed by atoms with Gasteiger partial charge >= 0.3 is 0 Å². The maximum Gasteiger partial charge on any atom is 0.0970 e. The molecule has 0 bridgehead atoms. The minimum Gasteiger partial charge on any atom is -0.309 e.